The van der Waals surface area contributed by atoms with E-state index in [1.165, 1.54) is 36.4 Å². The van der Waals surface area contributed by atoms with Crippen molar-refractivity contribution >= 4 is 29.3 Å². The Bertz CT molecular complexity index is 880. The number of amides is 1. The molecule has 1 N–H and O–H groups in total. The van der Waals surface area contributed by atoms with Gasteiger partial charge in [0.05, 0.1) is 16.2 Å². The molecule has 0 spiro atoms. The number of rotatable bonds is 6. The van der Waals surface area contributed by atoms with Gasteiger partial charge in [0.15, 0.2) is 6.61 Å². The number of anilines is 1. The van der Waals surface area contributed by atoms with Gasteiger partial charge < -0.3 is 10.1 Å². The number of benzene rings is 2. The zero-order chi connectivity index (χ0) is 19.1. The SMILES string of the molecule is Cc1ccc(NC(=O)COC(=O)/C=C/c2ccccc2[N+](=O)[O-])c(F)c1. The highest BCUT2D eigenvalue weighted by Gasteiger charge is 2.11. The molecule has 0 aliphatic heterocycles. The maximum atomic E-state index is 13.6. The quantitative estimate of drug-likeness (QED) is 0.370. The van der Waals surface area contributed by atoms with Gasteiger partial charge in [0, 0.05) is 12.1 Å². The van der Waals surface area contributed by atoms with Gasteiger partial charge in [-0.05, 0) is 36.8 Å². The molecule has 0 saturated heterocycles. The Labute approximate surface area is 148 Å². The van der Waals surface area contributed by atoms with Crippen molar-refractivity contribution in [2.24, 2.45) is 0 Å². The lowest BCUT2D eigenvalue weighted by atomic mass is 10.1. The predicted octanol–water partition coefficient (Wildman–Crippen LogP) is 3.24. The van der Waals surface area contributed by atoms with E-state index in [1.54, 1.807) is 19.1 Å². The number of nitrogens with one attached hydrogen (secondary N) is 1. The molecule has 1 amide bonds. The molecule has 0 atom stereocenters. The van der Waals surface area contributed by atoms with E-state index >= 15 is 0 Å². The predicted molar refractivity (Wildman–Crippen MR) is 92.9 cm³/mol. The average molecular weight is 358 g/mol. The van der Waals surface area contributed by atoms with Crippen LogP contribution in [-0.4, -0.2) is 23.4 Å². The van der Waals surface area contributed by atoms with Crippen molar-refractivity contribution in [3.63, 3.8) is 0 Å². The van der Waals surface area contributed by atoms with E-state index in [0.29, 0.717) is 5.56 Å². The number of aryl methyl sites for hydroxylation is 1. The fraction of sp³-hybridized carbons (Fsp3) is 0.111. The fourth-order valence-corrected chi connectivity index (χ4v) is 2.05. The third-order valence-electron chi connectivity index (χ3n) is 3.28. The van der Waals surface area contributed by atoms with Gasteiger partial charge in [0.2, 0.25) is 0 Å². The molecule has 0 fully saturated rings. The molecule has 0 saturated carbocycles. The first-order valence-corrected chi connectivity index (χ1v) is 7.51. The number of nitro benzene ring substituents is 1. The van der Waals surface area contributed by atoms with Gasteiger partial charge in [-0.2, -0.15) is 0 Å². The number of para-hydroxylation sites is 1. The van der Waals surface area contributed by atoms with Crippen LogP contribution in [0, 0.1) is 22.9 Å². The number of nitrogens with zero attached hydrogens (tertiary/aromatic N) is 1. The van der Waals surface area contributed by atoms with Crippen LogP contribution in [0.5, 0.6) is 0 Å². The van der Waals surface area contributed by atoms with Crippen molar-refractivity contribution in [3.05, 3.63) is 75.6 Å². The Morgan fingerprint density at radius 2 is 2.00 bits per heavy atom. The fourth-order valence-electron chi connectivity index (χ4n) is 2.05. The molecule has 134 valence electrons. The topological polar surface area (TPSA) is 98.5 Å². The molecule has 2 aromatic carbocycles. The monoisotopic (exact) mass is 358 g/mol. The summed E-state index contributed by atoms with van der Waals surface area (Å²) in [6.07, 6.45) is 2.19. The molecule has 0 heterocycles. The second kappa shape index (κ2) is 8.52. The number of halogens is 1. The van der Waals surface area contributed by atoms with E-state index < -0.39 is 29.2 Å². The molecule has 0 bridgehead atoms. The van der Waals surface area contributed by atoms with Crippen molar-refractivity contribution < 1.29 is 23.6 Å². The molecule has 2 rings (SSSR count). The van der Waals surface area contributed by atoms with E-state index in [4.69, 9.17) is 4.74 Å². The summed E-state index contributed by atoms with van der Waals surface area (Å²) in [5.41, 5.74) is 0.740. The van der Waals surface area contributed by atoms with Gasteiger partial charge in [-0.25, -0.2) is 9.18 Å². The standard InChI is InChI=1S/C18H15FN2O5/c1-12-6-8-15(14(19)10-12)20-17(22)11-26-18(23)9-7-13-4-2-3-5-16(13)21(24)25/h2-10H,11H2,1H3,(H,20,22)/b9-7+. The second-order valence-corrected chi connectivity index (χ2v) is 5.29. The Hall–Kier alpha value is -3.55. The Balaban J connectivity index is 1.90. The van der Waals surface area contributed by atoms with Gasteiger partial charge in [-0.1, -0.05) is 18.2 Å². The van der Waals surface area contributed by atoms with E-state index in [2.05, 4.69) is 5.32 Å². The van der Waals surface area contributed by atoms with Crippen LogP contribution in [0.4, 0.5) is 15.8 Å². The number of nitro groups is 1. The summed E-state index contributed by atoms with van der Waals surface area (Å²) in [6.45, 7) is 1.09. The van der Waals surface area contributed by atoms with Gasteiger partial charge in [0.1, 0.15) is 5.82 Å². The third-order valence-corrected chi connectivity index (χ3v) is 3.28. The van der Waals surface area contributed by atoms with Crippen LogP contribution in [0.1, 0.15) is 11.1 Å². The Morgan fingerprint density at radius 1 is 1.27 bits per heavy atom. The summed E-state index contributed by atoms with van der Waals surface area (Å²) in [4.78, 5) is 33.6. The number of ether oxygens (including phenoxy) is 1. The average Bonchev–Trinajstić information content (AvgIpc) is 2.60. The van der Waals surface area contributed by atoms with Crippen LogP contribution >= 0.6 is 0 Å². The zero-order valence-electron chi connectivity index (χ0n) is 13.8. The van der Waals surface area contributed by atoms with Crippen molar-refractivity contribution in [1.29, 1.82) is 0 Å². The van der Waals surface area contributed by atoms with E-state index in [1.807, 2.05) is 0 Å². The number of carbonyl (C=O) groups excluding carboxylic acids is 2. The maximum absolute atomic E-state index is 13.6. The molecular weight excluding hydrogens is 343 g/mol. The Kier molecular flexibility index (Phi) is 6.15. The van der Waals surface area contributed by atoms with Crippen molar-refractivity contribution in [1.82, 2.24) is 0 Å². The molecular formula is C18H15FN2O5. The minimum atomic E-state index is -0.859. The van der Waals surface area contributed by atoms with Crippen molar-refractivity contribution in [3.8, 4) is 0 Å². The molecule has 26 heavy (non-hydrogen) atoms. The first-order chi connectivity index (χ1) is 12.4. The van der Waals surface area contributed by atoms with Crippen molar-refractivity contribution in [2.75, 3.05) is 11.9 Å². The summed E-state index contributed by atoms with van der Waals surface area (Å²) >= 11 is 0. The van der Waals surface area contributed by atoms with Crippen molar-refractivity contribution in [2.45, 2.75) is 6.92 Å². The minimum Gasteiger partial charge on any atom is -0.452 e. The van der Waals surface area contributed by atoms with Gasteiger partial charge in [-0.15, -0.1) is 0 Å². The van der Waals surface area contributed by atoms with Gasteiger partial charge in [-0.3, -0.25) is 14.9 Å². The summed E-state index contributed by atoms with van der Waals surface area (Å²) in [6, 6.07) is 10.1. The molecule has 0 unspecified atom stereocenters. The van der Waals surface area contributed by atoms with Crippen LogP contribution in [0.25, 0.3) is 6.08 Å². The zero-order valence-corrected chi connectivity index (χ0v) is 13.8. The normalized spacial score (nSPS) is 10.5. The highest BCUT2D eigenvalue weighted by Crippen LogP contribution is 2.19. The summed E-state index contributed by atoms with van der Waals surface area (Å²) in [5, 5.41) is 13.2. The summed E-state index contributed by atoms with van der Waals surface area (Å²) in [7, 11) is 0. The number of hydrogen-bond acceptors (Lipinski definition) is 5. The second-order valence-electron chi connectivity index (χ2n) is 5.29. The largest absolute Gasteiger partial charge is 0.452 e. The third kappa shape index (κ3) is 5.23. The van der Waals surface area contributed by atoms with Crippen LogP contribution in [0.3, 0.4) is 0 Å². The molecule has 0 aliphatic rings. The van der Waals surface area contributed by atoms with Crippen LogP contribution in [0.2, 0.25) is 0 Å². The van der Waals surface area contributed by atoms with Gasteiger partial charge in [0.25, 0.3) is 11.6 Å². The lowest BCUT2D eigenvalue weighted by molar-refractivity contribution is -0.385. The van der Waals surface area contributed by atoms with Crippen LogP contribution in [0.15, 0.2) is 48.5 Å². The molecule has 0 radical (unpaired) electrons. The lowest BCUT2D eigenvalue weighted by Gasteiger charge is -2.07. The molecule has 7 nitrogen and oxygen atoms in total. The van der Waals surface area contributed by atoms with E-state index in [0.717, 1.165) is 6.08 Å². The number of esters is 1. The first kappa shape index (κ1) is 18.8. The number of hydrogen-bond donors (Lipinski definition) is 1. The summed E-state index contributed by atoms with van der Waals surface area (Å²) in [5.74, 6) is -2.16. The lowest BCUT2D eigenvalue weighted by Crippen LogP contribution is -2.20. The summed E-state index contributed by atoms with van der Waals surface area (Å²) < 4.78 is 18.4. The Morgan fingerprint density at radius 3 is 2.69 bits per heavy atom. The van der Waals surface area contributed by atoms with Crippen LogP contribution in [-0.2, 0) is 14.3 Å². The van der Waals surface area contributed by atoms with E-state index in [9.17, 15) is 24.1 Å². The maximum Gasteiger partial charge on any atom is 0.331 e. The minimum absolute atomic E-state index is 0.0212. The smallest absolute Gasteiger partial charge is 0.331 e. The highest BCUT2D eigenvalue weighted by atomic mass is 19.1. The molecule has 2 aromatic rings. The first-order valence-electron chi connectivity index (χ1n) is 7.51. The molecule has 0 aromatic heterocycles. The van der Waals surface area contributed by atoms with Crippen LogP contribution < -0.4 is 5.32 Å². The molecule has 8 heteroatoms. The number of carbonyl (C=O) groups is 2. The highest BCUT2D eigenvalue weighted by molar-refractivity contribution is 5.94. The van der Waals surface area contributed by atoms with E-state index in [-0.39, 0.29) is 16.9 Å². The molecule has 0 aliphatic carbocycles. The van der Waals surface area contributed by atoms with Gasteiger partial charge >= 0.3 is 5.97 Å².